The van der Waals surface area contributed by atoms with E-state index in [4.69, 9.17) is 10.5 Å². The minimum absolute atomic E-state index is 0.181. The Kier molecular flexibility index (Phi) is 3.85. The standard InChI is InChI=1S/C14H18N4O/c1-9(2)10-4-6-11(7-5-10)19-13-8-12(16-3)17-14(15)18-13/h4-9H,1-3H3,(H3,15,16,17,18). The molecule has 1 aromatic carbocycles. The molecule has 0 saturated heterocycles. The minimum atomic E-state index is 0.181. The van der Waals surface area contributed by atoms with Crippen LogP contribution in [0.2, 0.25) is 0 Å². The van der Waals surface area contributed by atoms with Crippen LogP contribution in [0.3, 0.4) is 0 Å². The molecule has 0 saturated carbocycles. The van der Waals surface area contributed by atoms with Crippen molar-refractivity contribution in [2.75, 3.05) is 18.1 Å². The maximum absolute atomic E-state index is 5.67. The van der Waals surface area contributed by atoms with Gasteiger partial charge in [0, 0.05) is 13.1 Å². The SMILES string of the molecule is CNc1cc(Oc2ccc(C(C)C)cc2)nc(N)n1. The summed E-state index contributed by atoms with van der Waals surface area (Å²) in [5.41, 5.74) is 6.88. The third kappa shape index (κ3) is 3.34. The molecule has 0 fully saturated rings. The van der Waals surface area contributed by atoms with Crippen LogP contribution in [0.25, 0.3) is 0 Å². The summed E-state index contributed by atoms with van der Waals surface area (Å²) in [5, 5.41) is 2.91. The molecular weight excluding hydrogens is 240 g/mol. The van der Waals surface area contributed by atoms with E-state index in [-0.39, 0.29) is 5.95 Å². The Morgan fingerprint density at radius 3 is 2.42 bits per heavy atom. The highest BCUT2D eigenvalue weighted by Gasteiger charge is 2.04. The van der Waals surface area contributed by atoms with Crippen molar-refractivity contribution in [3.8, 4) is 11.6 Å². The lowest BCUT2D eigenvalue weighted by atomic mass is 10.0. The van der Waals surface area contributed by atoms with Crippen LogP contribution in [0.4, 0.5) is 11.8 Å². The first kappa shape index (κ1) is 13.1. The Morgan fingerprint density at radius 1 is 1.16 bits per heavy atom. The fourth-order valence-corrected chi connectivity index (χ4v) is 1.66. The average Bonchev–Trinajstić information content (AvgIpc) is 2.38. The summed E-state index contributed by atoms with van der Waals surface area (Å²) in [4.78, 5) is 8.05. The van der Waals surface area contributed by atoms with Gasteiger partial charge in [-0.25, -0.2) is 0 Å². The van der Waals surface area contributed by atoms with E-state index in [0.717, 1.165) is 5.75 Å². The van der Waals surface area contributed by atoms with Crippen LogP contribution in [0.5, 0.6) is 11.6 Å². The number of nitrogens with two attached hydrogens (primary N) is 1. The molecule has 5 nitrogen and oxygen atoms in total. The molecule has 1 heterocycles. The highest BCUT2D eigenvalue weighted by atomic mass is 16.5. The van der Waals surface area contributed by atoms with Crippen LogP contribution >= 0.6 is 0 Å². The zero-order valence-electron chi connectivity index (χ0n) is 11.3. The van der Waals surface area contributed by atoms with E-state index in [2.05, 4.69) is 29.1 Å². The van der Waals surface area contributed by atoms with Crippen LogP contribution in [0, 0.1) is 0 Å². The number of anilines is 2. The van der Waals surface area contributed by atoms with Crippen LogP contribution in [0.15, 0.2) is 30.3 Å². The lowest BCUT2D eigenvalue weighted by Gasteiger charge is -2.09. The van der Waals surface area contributed by atoms with Gasteiger partial charge in [-0.15, -0.1) is 0 Å². The van der Waals surface area contributed by atoms with Gasteiger partial charge in [0.2, 0.25) is 11.8 Å². The van der Waals surface area contributed by atoms with E-state index in [1.165, 1.54) is 5.56 Å². The molecule has 100 valence electrons. The first-order valence-corrected chi connectivity index (χ1v) is 6.18. The predicted octanol–water partition coefficient (Wildman–Crippen LogP) is 3.02. The number of nitrogen functional groups attached to an aromatic ring is 1. The number of ether oxygens (including phenoxy) is 1. The number of rotatable bonds is 4. The van der Waals surface area contributed by atoms with Crippen molar-refractivity contribution < 1.29 is 4.74 Å². The van der Waals surface area contributed by atoms with Crippen LogP contribution in [-0.2, 0) is 0 Å². The van der Waals surface area contributed by atoms with Gasteiger partial charge >= 0.3 is 0 Å². The summed E-state index contributed by atoms with van der Waals surface area (Å²) in [7, 11) is 1.77. The van der Waals surface area contributed by atoms with E-state index >= 15 is 0 Å². The second-order valence-electron chi connectivity index (χ2n) is 4.53. The maximum Gasteiger partial charge on any atom is 0.226 e. The van der Waals surface area contributed by atoms with Gasteiger partial charge in [0.1, 0.15) is 11.6 Å². The predicted molar refractivity (Wildman–Crippen MR) is 76.6 cm³/mol. The molecular formula is C14H18N4O. The topological polar surface area (TPSA) is 73.1 Å². The van der Waals surface area contributed by atoms with E-state index in [1.54, 1.807) is 13.1 Å². The molecule has 0 bridgehead atoms. The Morgan fingerprint density at radius 2 is 1.84 bits per heavy atom. The lowest BCUT2D eigenvalue weighted by Crippen LogP contribution is -2.01. The molecule has 2 aromatic rings. The fraction of sp³-hybridized carbons (Fsp3) is 0.286. The Labute approximate surface area is 112 Å². The molecule has 0 atom stereocenters. The highest BCUT2D eigenvalue weighted by Crippen LogP contribution is 2.24. The first-order valence-electron chi connectivity index (χ1n) is 6.18. The maximum atomic E-state index is 5.67. The third-order valence-corrected chi connectivity index (χ3v) is 2.75. The fourth-order valence-electron chi connectivity index (χ4n) is 1.66. The number of hydrogen-bond donors (Lipinski definition) is 2. The molecule has 0 aliphatic carbocycles. The van der Waals surface area contributed by atoms with Crippen molar-refractivity contribution >= 4 is 11.8 Å². The molecule has 2 rings (SSSR count). The normalized spacial score (nSPS) is 10.5. The Hall–Kier alpha value is -2.30. The van der Waals surface area contributed by atoms with E-state index < -0.39 is 0 Å². The van der Waals surface area contributed by atoms with E-state index in [0.29, 0.717) is 17.6 Å². The van der Waals surface area contributed by atoms with E-state index in [9.17, 15) is 0 Å². The summed E-state index contributed by atoms with van der Waals surface area (Å²) in [6.07, 6.45) is 0. The van der Waals surface area contributed by atoms with Gasteiger partial charge in [0.05, 0.1) is 0 Å². The second kappa shape index (κ2) is 5.56. The molecule has 0 aliphatic heterocycles. The van der Waals surface area contributed by atoms with Gasteiger partial charge in [-0.1, -0.05) is 26.0 Å². The molecule has 0 amide bonds. The van der Waals surface area contributed by atoms with Crippen molar-refractivity contribution in [2.24, 2.45) is 0 Å². The molecule has 0 spiro atoms. The molecule has 0 aliphatic rings. The van der Waals surface area contributed by atoms with Crippen LogP contribution in [-0.4, -0.2) is 17.0 Å². The average molecular weight is 258 g/mol. The van der Waals surface area contributed by atoms with Crippen molar-refractivity contribution in [3.05, 3.63) is 35.9 Å². The van der Waals surface area contributed by atoms with Crippen molar-refractivity contribution in [2.45, 2.75) is 19.8 Å². The molecule has 19 heavy (non-hydrogen) atoms. The molecule has 1 aromatic heterocycles. The number of nitrogens with one attached hydrogen (secondary N) is 1. The number of hydrogen-bond acceptors (Lipinski definition) is 5. The molecule has 0 unspecified atom stereocenters. The second-order valence-corrected chi connectivity index (χ2v) is 4.53. The summed E-state index contributed by atoms with van der Waals surface area (Å²) in [6.45, 7) is 4.31. The molecule has 5 heteroatoms. The zero-order chi connectivity index (χ0) is 13.8. The highest BCUT2D eigenvalue weighted by molar-refractivity contribution is 5.43. The molecule has 0 radical (unpaired) electrons. The van der Waals surface area contributed by atoms with Gasteiger partial charge in [-0.3, -0.25) is 0 Å². The number of nitrogens with zero attached hydrogens (tertiary/aromatic N) is 2. The van der Waals surface area contributed by atoms with Crippen LogP contribution < -0.4 is 15.8 Å². The van der Waals surface area contributed by atoms with Gasteiger partial charge < -0.3 is 15.8 Å². The Bertz CT molecular complexity index is 552. The van der Waals surface area contributed by atoms with E-state index in [1.807, 2.05) is 24.3 Å². The number of aromatic nitrogens is 2. The van der Waals surface area contributed by atoms with Crippen molar-refractivity contribution in [1.29, 1.82) is 0 Å². The van der Waals surface area contributed by atoms with Crippen LogP contribution in [0.1, 0.15) is 25.3 Å². The monoisotopic (exact) mass is 258 g/mol. The van der Waals surface area contributed by atoms with Gasteiger partial charge in [-0.05, 0) is 23.6 Å². The van der Waals surface area contributed by atoms with Gasteiger partial charge in [0.15, 0.2) is 0 Å². The Balaban J connectivity index is 2.18. The lowest BCUT2D eigenvalue weighted by molar-refractivity contribution is 0.462. The summed E-state index contributed by atoms with van der Waals surface area (Å²) in [5.74, 6) is 2.46. The zero-order valence-corrected chi connectivity index (χ0v) is 11.3. The summed E-state index contributed by atoms with van der Waals surface area (Å²) >= 11 is 0. The van der Waals surface area contributed by atoms with Gasteiger partial charge in [0.25, 0.3) is 0 Å². The van der Waals surface area contributed by atoms with Gasteiger partial charge in [-0.2, -0.15) is 9.97 Å². The summed E-state index contributed by atoms with van der Waals surface area (Å²) in [6, 6.07) is 9.64. The molecule has 3 N–H and O–H groups in total. The largest absolute Gasteiger partial charge is 0.439 e. The minimum Gasteiger partial charge on any atom is -0.439 e. The smallest absolute Gasteiger partial charge is 0.226 e. The quantitative estimate of drug-likeness (QED) is 0.881. The third-order valence-electron chi connectivity index (χ3n) is 2.75. The first-order chi connectivity index (χ1) is 9.08. The van der Waals surface area contributed by atoms with Crippen molar-refractivity contribution in [1.82, 2.24) is 9.97 Å². The number of benzene rings is 1. The van der Waals surface area contributed by atoms with Crippen molar-refractivity contribution in [3.63, 3.8) is 0 Å². The summed E-state index contributed by atoms with van der Waals surface area (Å²) < 4.78 is 5.67.